The van der Waals surface area contributed by atoms with E-state index in [0.29, 0.717) is 18.9 Å². The maximum atomic E-state index is 5.84. The van der Waals surface area contributed by atoms with E-state index in [1.165, 1.54) is 5.56 Å². The van der Waals surface area contributed by atoms with Crippen LogP contribution in [0.3, 0.4) is 0 Å². The Morgan fingerprint density at radius 2 is 1.89 bits per heavy atom. The summed E-state index contributed by atoms with van der Waals surface area (Å²) in [5, 5.41) is 0. The molecule has 3 rings (SSSR count). The zero-order valence-corrected chi connectivity index (χ0v) is 10.0. The minimum atomic E-state index is 0.279. The molecule has 0 fully saturated rings. The van der Waals surface area contributed by atoms with E-state index in [4.69, 9.17) is 15.2 Å². The fourth-order valence-corrected chi connectivity index (χ4v) is 2.17. The summed E-state index contributed by atoms with van der Waals surface area (Å²) < 4.78 is 11.4. The van der Waals surface area contributed by atoms with Crippen molar-refractivity contribution in [2.45, 2.75) is 5.92 Å². The second-order valence-electron chi connectivity index (χ2n) is 4.39. The molecule has 0 aliphatic carbocycles. The summed E-state index contributed by atoms with van der Waals surface area (Å²) >= 11 is 0. The van der Waals surface area contributed by atoms with Crippen molar-refractivity contribution < 1.29 is 9.47 Å². The van der Waals surface area contributed by atoms with E-state index in [1.807, 2.05) is 42.5 Å². The number of hydrogen-bond donors (Lipinski definition) is 1. The van der Waals surface area contributed by atoms with Gasteiger partial charge in [0, 0.05) is 5.56 Å². The normalized spacial score (nSPS) is 17.0. The predicted octanol–water partition coefficient (Wildman–Crippen LogP) is 2.82. The van der Waals surface area contributed by atoms with Crippen molar-refractivity contribution in [1.82, 2.24) is 0 Å². The SMILES string of the molecule is Nc1ccccc1OCC1COc2ccccc21. The van der Waals surface area contributed by atoms with Gasteiger partial charge in [-0.15, -0.1) is 0 Å². The molecule has 0 spiro atoms. The molecule has 0 saturated carbocycles. The lowest BCUT2D eigenvalue weighted by Crippen LogP contribution is -2.12. The van der Waals surface area contributed by atoms with Crippen LogP contribution in [0.5, 0.6) is 11.5 Å². The van der Waals surface area contributed by atoms with Gasteiger partial charge in [0.2, 0.25) is 0 Å². The molecule has 1 aliphatic rings. The van der Waals surface area contributed by atoms with E-state index in [0.717, 1.165) is 11.5 Å². The Morgan fingerprint density at radius 3 is 2.78 bits per heavy atom. The summed E-state index contributed by atoms with van der Waals surface area (Å²) in [6.45, 7) is 1.26. The van der Waals surface area contributed by atoms with E-state index < -0.39 is 0 Å². The van der Waals surface area contributed by atoms with Crippen molar-refractivity contribution in [2.75, 3.05) is 18.9 Å². The van der Waals surface area contributed by atoms with E-state index in [-0.39, 0.29) is 5.92 Å². The molecule has 0 saturated heterocycles. The molecule has 0 aromatic heterocycles. The molecular formula is C15H15NO2. The van der Waals surface area contributed by atoms with Gasteiger partial charge in [0.15, 0.2) is 0 Å². The quantitative estimate of drug-likeness (QED) is 0.840. The van der Waals surface area contributed by atoms with Crippen molar-refractivity contribution in [2.24, 2.45) is 0 Å². The average Bonchev–Trinajstić information content (AvgIpc) is 2.81. The van der Waals surface area contributed by atoms with Crippen LogP contribution in [0.2, 0.25) is 0 Å². The maximum absolute atomic E-state index is 5.84. The lowest BCUT2D eigenvalue weighted by Gasteiger charge is -2.12. The van der Waals surface area contributed by atoms with Gasteiger partial charge in [0.1, 0.15) is 11.5 Å². The monoisotopic (exact) mass is 241 g/mol. The third-order valence-corrected chi connectivity index (χ3v) is 3.16. The van der Waals surface area contributed by atoms with Crippen LogP contribution in [0.15, 0.2) is 48.5 Å². The molecule has 1 unspecified atom stereocenters. The molecule has 0 amide bonds. The van der Waals surface area contributed by atoms with Crippen LogP contribution in [0.4, 0.5) is 5.69 Å². The maximum Gasteiger partial charge on any atom is 0.142 e. The van der Waals surface area contributed by atoms with Gasteiger partial charge in [0.25, 0.3) is 0 Å². The third-order valence-electron chi connectivity index (χ3n) is 3.16. The Labute approximate surface area is 106 Å². The van der Waals surface area contributed by atoms with Crippen LogP contribution >= 0.6 is 0 Å². The summed E-state index contributed by atoms with van der Waals surface area (Å²) in [6, 6.07) is 15.6. The Bertz CT molecular complexity index is 554. The fourth-order valence-electron chi connectivity index (χ4n) is 2.17. The van der Waals surface area contributed by atoms with Crippen LogP contribution < -0.4 is 15.2 Å². The lowest BCUT2D eigenvalue weighted by molar-refractivity contribution is 0.249. The van der Waals surface area contributed by atoms with Crippen LogP contribution in [-0.2, 0) is 0 Å². The van der Waals surface area contributed by atoms with Crippen molar-refractivity contribution in [1.29, 1.82) is 0 Å². The van der Waals surface area contributed by atoms with Crippen LogP contribution in [-0.4, -0.2) is 13.2 Å². The zero-order valence-electron chi connectivity index (χ0n) is 10.0. The van der Waals surface area contributed by atoms with E-state index in [1.54, 1.807) is 0 Å². The third kappa shape index (κ3) is 1.99. The number of para-hydroxylation sites is 3. The van der Waals surface area contributed by atoms with Crippen molar-refractivity contribution in [3.05, 3.63) is 54.1 Å². The van der Waals surface area contributed by atoms with Gasteiger partial charge in [-0.3, -0.25) is 0 Å². The molecule has 2 aromatic rings. The molecule has 0 radical (unpaired) electrons. The molecule has 92 valence electrons. The highest BCUT2D eigenvalue weighted by atomic mass is 16.5. The molecule has 2 aromatic carbocycles. The number of rotatable bonds is 3. The summed E-state index contributed by atoms with van der Waals surface area (Å²) in [6.07, 6.45) is 0. The van der Waals surface area contributed by atoms with Crippen LogP contribution in [0.1, 0.15) is 11.5 Å². The summed E-state index contributed by atoms with van der Waals surface area (Å²) in [5.41, 5.74) is 7.73. The Balaban J connectivity index is 1.71. The highest BCUT2D eigenvalue weighted by molar-refractivity contribution is 5.52. The summed E-state index contributed by atoms with van der Waals surface area (Å²) in [7, 11) is 0. The number of fused-ring (bicyclic) bond motifs is 1. The number of nitrogen functional groups attached to an aromatic ring is 1. The lowest BCUT2D eigenvalue weighted by atomic mass is 10.0. The second kappa shape index (κ2) is 4.61. The number of hydrogen-bond acceptors (Lipinski definition) is 3. The smallest absolute Gasteiger partial charge is 0.142 e. The first kappa shape index (κ1) is 11.0. The molecule has 1 atom stereocenters. The summed E-state index contributed by atoms with van der Waals surface area (Å²) in [5.74, 6) is 1.98. The van der Waals surface area contributed by atoms with Gasteiger partial charge >= 0.3 is 0 Å². The molecule has 1 aliphatic heterocycles. The number of nitrogens with two attached hydrogens (primary N) is 1. The Kier molecular flexibility index (Phi) is 2.81. The first-order chi connectivity index (χ1) is 8.84. The minimum absolute atomic E-state index is 0.279. The van der Waals surface area contributed by atoms with Gasteiger partial charge in [-0.2, -0.15) is 0 Å². The first-order valence-corrected chi connectivity index (χ1v) is 6.03. The van der Waals surface area contributed by atoms with Crippen molar-refractivity contribution >= 4 is 5.69 Å². The highest BCUT2D eigenvalue weighted by Gasteiger charge is 2.24. The summed E-state index contributed by atoms with van der Waals surface area (Å²) in [4.78, 5) is 0. The Hall–Kier alpha value is -2.16. The van der Waals surface area contributed by atoms with Gasteiger partial charge < -0.3 is 15.2 Å². The number of anilines is 1. The molecule has 1 heterocycles. The largest absolute Gasteiger partial charge is 0.493 e. The van der Waals surface area contributed by atoms with Crippen molar-refractivity contribution in [3.63, 3.8) is 0 Å². The highest BCUT2D eigenvalue weighted by Crippen LogP contribution is 2.34. The Morgan fingerprint density at radius 1 is 1.11 bits per heavy atom. The van der Waals surface area contributed by atoms with Gasteiger partial charge in [-0.05, 0) is 18.2 Å². The topological polar surface area (TPSA) is 44.5 Å². The fraction of sp³-hybridized carbons (Fsp3) is 0.200. The molecule has 3 heteroatoms. The van der Waals surface area contributed by atoms with Gasteiger partial charge in [0.05, 0.1) is 24.8 Å². The van der Waals surface area contributed by atoms with Crippen LogP contribution in [0.25, 0.3) is 0 Å². The van der Waals surface area contributed by atoms with E-state index >= 15 is 0 Å². The molecule has 18 heavy (non-hydrogen) atoms. The number of benzene rings is 2. The predicted molar refractivity (Wildman–Crippen MR) is 71.0 cm³/mol. The zero-order chi connectivity index (χ0) is 12.4. The van der Waals surface area contributed by atoms with Gasteiger partial charge in [-0.1, -0.05) is 30.3 Å². The average molecular weight is 241 g/mol. The number of ether oxygens (including phenoxy) is 2. The second-order valence-corrected chi connectivity index (χ2v) is 4.39. The van der Waals surface area contributed by atoms with Gasteiger partial charge in [-0.25, -0.2) is 0 Å². The molecule has 3 nitrogen and oxygen atoms in total. The van der Waals surface area contributed by atoms with Crippen molar-refractivity contribution in [3.8, 4) is 11.5 Å². The molecule has 2 N–H and O–H groups in total. The van der Waals surface area contributed by atoms with E-state index in [9.17, 15) is 0 Å². The molecule has 0 bridgehead atoms. The van der Waals surface area contributed by atoms with Crippen LogP contribution in [0, 0.1) is 0 Å². The molecular weight excluding hydrogens is 226 g/mol. The minimum Gasteiger partial charge on any atom is -0.493 e. The first-order valence-electron chi connectivity index (χ1n) is 6.03. The standard InChI is InChI=1S/C15H15NO2/c16-13-6-2-4-8-15(13)18-10-11-9-17-14-7-3-1-5-12(11)14/h1-8,11H,9-10,16H2. The van der Waals surface area contributed by atoms with E-state index in [2.05, 4.69) is 6.07 Å².